The van der Waals surface area contributed by atoms with E-state index in [0.29, 0.717) is 12.4 Å². The lowest BCUT2D eigenvalue weighted by Gasteiger charge is -2.33. The molecule has 1 fully saturated rings. The summed E-state index contributed by atoms with van der Waals surface area (Å²) in [6.07, 6.45) is 1.28. The molecule has 9 heteroatoms. The molecule has 0 radical (unpaired) electrons. The van der Waals surface area contributed by atoms with Crippen molar-refractivity contribution in [3.8, 4) is 11.5 Å². The van der Waals surface area contributed by atoms with E-state index < -0.39 is 9.84 Å². The maximum absolute atomic E-state index is 13.3. The quantitative estimate of drug-likeness (QED) is 0.636. The number of aryl methyl sites for hydroxylation is 1. The standard InChI is InChI=1S/C21H22N4O4S/c1-16-3-2-4-19(13-16)25(21(26)24-9-11-30(27,28)12-10-24)14-17-5-7-18(8-6-17)20-23-22-15-29-20/h2-8,13,15H,9-12,14H2,1H3. The monoisotopic (exact) mass is 426 g/mol. The van der Waals surface area contributed by atoms with Gasteiger partial charge in [0.1, 0.15) is 0 Å². The Hall–Kier alpha value is -3.20. The zero-order valence-corrected chi connectivity index (χ0v) is 17.4. The average Bonchev–Trinajstić information content (AvgIpc) is 3.27. The van der Waals surface area contributed by atoms with E-state index in [0.717, 1.165) is 22.4 Å². The van der Waals surface area contributed by atoms with Crippen molar-refractivity contribution in [2.45, 2.75) is 13.5 Å². The molecule has 1 aromatic heterocycles. The molecule has 1 aliphatic rings. The molecule has 1 aliphatic heterocycles. The van der Waals surface area contributed by atoms with Crippen molar-refractivity contribution in [2.24, 2.45) is 0 Å². The van der Waals surface area contributed by atoms with E-state index in [1.807, 2.05) is 55.5 Å². The highest BCUT2D eigenvalue weighted by atomic mass is 32.2. The third kappa shape index (κ3) is 4.51. The van der Waals surface area contributed by atoms with E-state index in [1.165, 1.54) is 6.39 Å². The molecule has 1 saturated heterocycles. The second-order valence-corrected chi connectivity index (χ2v) is 9.59. The molecule has 156 valence electrons. The van der Waals surface area contributed by atoms with Gasteiger partial charge in [0.2, 0.25) is 12.3 Å². The average molecular weight is 426 g/mol. The predicted molar refractivity (Wildman–Crippen MR) is 113 cm³/mol. The minimum absolute atomic E-state index is 0.000717. The van der Waals surface area contributed by atoms with Crippen molar-refractivity contribution in [1.29, 1.82) is 0 Å². The lowest BCUT2D eigenvalue weighted by molar-refractivity contribution is 0.208. The molecule has 30 heavy (non-hydrogen) atoms. The first-order valence-corrected chi connectivity index (χ1v) is 11.4. The van der Waals surface area contributed by atoms with Crippen LogP contribution < -0.4 is 4.90 Å². The molecule has 0 saturated carbocycles. The van der Waals surface area contributed by atoms with Crippen LogP contribution in [0.15, 0.2) is 59.3 Å². The smallest absolute Gasteiger partial charge is 0.324 e. The van der Waals surface area contributed by atoms with Gasteiger partial charge in [-0.2, -0.15) is 0 Å². The first-order valence-electron chi connectivity index (χ1n) is 9.60. The summed E-state index contributed by atoms with van der Waals surface area (Å²) in [7, 11) is -3.06. The SMILES string of the molecule is Cc1cccc(N(Cc2ccc(-c3nnco3)cc2)C(=O)N2CCS(=O)(=O)CC2)c1. The number of nitrogens with zero attached hydrogens (tertiary/aromatic N) is 4. The van der Waals surface area contributed by atoms with Gasteiger partial charge in [-0.15, -0.1) is 10.2 Å². The molecule has 3 aromatic rings. The fraction of sp³-hybridized carbons (Fsp3) is 0.286. The highest BCUT2D eigenvalue weighted by Crippen LogP contribution is 2.23. The topological polar surface area (TPSA) is 96.6 Å². The highest BCUT2D eigenvalue weighted by molar-refractivity contribution is 7.91. The van der Waals surface area contributed by atoms with Crippen LogP contribution in [0.2, 0.25) is 0 Å². The maximum atomic E-state index is 13.3. The van der Waals surface area contributed by atoms with Crippen LogP contribution in [0.1, 0.15) is 11.1 Å². The number of sulfone groups is 1. The fourth-order valence-corrected chi connectivity index (χ4v) is 4.58. The Bertz CT molecular complexity index is 1110. The molecule has 2 amide bonds. The van der Waals surface area contributed by atoms with Crippen LogP contribution in [0.25, 0.3) is 11.5 Å². The molecule has 0 atom stereocenters. The number of hydrogen-bond donors (Lipinski definition) is 0. The number of urea groups is 1. The number of hydrogen-bond acceptors (Lipinski definition) is 6. The summed E-state index contributed by atoms with van der Waals surface area (Å²) in [5, 5.41) is 7.58. The lowest BCUT2D eigenvalue weighted by atomic mass is 10.1. The van der Waals surface area contributed by atoms with Crippen molar-refractivity contribution in [3.63, 3.8) is 0 Å². The minimum Gasteiger partial charge on any atom is -0.423 e. The molecule has 2 aromatic carbocycles. The van der Waals surface area contributed by atoms with E-state index in [9.17, 15) is 13.2 Å². The first-order chi connectivity index (χ1) is 14.4. The lowest BCUT2D eigenvalue weighted by Crippen LogP contribution is -2.49. The summed E-state index contributed by atoms with van der Waals surface area (Å²) in [5.74, 6) is 0.432. The maximum Gasteiger partial charge on any atom is 0.324 e. The Labute approximate surface area is 175 Å². The van der Waals surface area contributed by atoms with E-state index in [1.54, 1.807) is 9.80 Å². The largest absolute Gasteiger partial charge is 0.423 e. The van der Waals surface area contributed by atoms with Gasteiger partial charge in [-0.25, -0.2) is 13.2 Å². The Balaban J connectivity index is 1.58. The molecule has 0 bridgehead atoms. The van der Waals surface area contributed by atoms with Crippen molar-refractivity contribution >= 4 is 21.6 Å². The Morgan fingerprint density at radius 2 is 1.87 bits per heavy atom. The number of carbonyl (C=O) groups excluding carboxylic acids is 1. The molecule has 0 aliphatic carbocycles. The summed E-state index contributed by atoms with van der Waals surface area (Å²) < 4.78 is 28.7. The van der Waals surface area contributed by atoms with Gasteiger partial charge in [0.15, 0.2) is 9.84 Å². The number of rotatable bonds is 4. The second kappa shape index (κ2) is 8.27. The summed E-state index contributed by atoms with van der Waals surface area (Å²) in [6, 6.07) is 15.1. The van der Waals surface area contributed by atoms with E-state index in [2.05, 4.69) is 10.2 Å². The Morgan fingerprint density at radius 1 is 1.13 bits per heavy atom. The van der Waals surface area contributed by atoms with Crippen molar-refractivity contribution in [3.05, 3.63) is 66.1 Å². The van der Waals surface area contributed by atoms with Crippen molar-refractivity contribution < 1.29 is 17.6 Å². The number of benzene rings is 2. The highest BCUT2D eigenvalue weighted by Gasteiger charge is 2.29. The van der Waals surface area contributed by atoms with Gasteiger partial charge in [0, 0.05) is 24.3 Å². The van der Waals surface area contributed by atoms with Crippen LogP contribution in [0.3, 0.4) is 0 Å². The molecule has 4 rings (SSSR count). The molecular weight excluding hydrogens is 404 g/mol. The molecule has 2 heterocycles. The van der Waals surface area contributed by atoms with Crippen molar-refractivity contribution in [2.75, 3.05) is 29.5 Å². The van der Waals surface area contributed by atoms with Crippen LogP contribution in [0, 0.1) is 6.92 Å². The summed E-state index contributed by atoms with van der Waals surface area (Å²) in [4.78, 5) is 16.6. The second-order valence-electron chi connectivity index (χ2n) is 7.29. The van der Waals surface area contributed by atoms with Gasteiger partial charge >= 0.3 is 6.03 Å². The summed E-state index contributed by atoms with van der Waals surface area (Å²) >= 11 is 0. The van der Waals surface area contributed by atoms with Crippen molar-refractivity contribution in [1.82, 2.24) is 15.1 Å². The zero-order valence-electron chi connectivity index (χ0n) is 16.6. The van der Waals surface area contributed by atoms with Gasteiger partial charge < -0.3 is 9.32 Å². The van der Waals surface area contributed by atoms with Crippen LogP contribution in [-0.4, -0.2) is 54.1 Å². The van der Waals surface area contributed by atoms with Crippen LogP contribution in [0.4, 0.5) is 10.5 Å². The summed E-state index contributed by atoms with van der Waals surface area (Å²) in [5.41, 5.74) is 3.54. The van der Waals surface area contributed by atoms with Gasteiger partial charge in [0.25, 0.3) is 0 Å². The van der Waals surface area contributed by atoms with Crippen LogP contribution in [0.5, 0.6) is 0 Å². The van der Waals surface area contributed by atoms with Crippen LogP contribution in [-0.2, 0) is 16.4 Å². The number of carbonyl (C=O) groups is 1. The Kier molecular flexibility index (Phi) is 5.54. The fourth-order valence-electron chi connectivity index (χ4n) is 3.37. The number of amides is 2. The third-order valence-electron chi connectivity index (χ3n) is 5.06. The molecule has 8 nitrogen and oxygen atoms in total. The number of aromatic nitrogens is 2. The number of anilines is 1. The van der Waals surface area contributed by atoms with Crippen LogP contribution >= 0.6 is 0 Å². The van der Waals surface area contributed by atoms with Gasteiger partial charge in [-0.3, -0.25) is 4.90 Å². The molecule has 0 spiro atoms. The van der Waals surface area contributed by atoms with Gasteiger partial charge in [-0.1, -0.05) is 24.3 Å². The van der Waals surface area contributed by atoms with Gasteiger partial charge in [-0.05, 0) is 42.3 Å². The molecule has 0 N–H and O–H groups in total. The molecular formula is C21H22N4O4S. The van der Waals surface area contributed by atoms with E-state index in [4.69, 9.17) is 4.42 Å². The molecule has 0 unspecified atom stereocenters. The predicted octanol–water partition coefficient (Wildman–Crippen LogP) is 2.90. The Morgan fingerprint density at radius 3 is 2.50 bits per heavy atom. The van der Waals surface area contributed by atoms with E-state index >= 15 is 0 Å². The third-order valence-corrected chi connectivity index (χ3v) is 6.67. The zero-order chi connectivity index (χ0) is 21.1. The first kappa shape index (κ1) is 20.1. The van der Waals surface area contributed by atoms with E-state index in [-0.39, 0.29) is 30.6 Å². The normalized spacial score (nSPS) is 15.7. The van der Waals surface area contributed by atoms with Gasteiger partial charge in [0.05, 0.1) is 18.1 Å². The summed E-state index contributed by atoms with van der Waals surface area (Å²) in [6.45, 7) is 2.74. The minimum atomic E-state index is -3.06.